The molecule has 1 aliphatic carbocycles. The van der Waals surface area contributed by atoms with Crippen molar-refractivity contribution in [1.29, 1.82) is 0 Å². The van der Waals surface area contributed by atoms with Crippen LogP contribution < -0.4 is 5.32 Å². The highest BCUT2D eigenvalue weighted by atomic mass is 32.2. The van der Waals surface area contributed by atoms with Crippen molar-refractivity contribution >= 4 is 15.9 Å². The van der Waals surface area contributed by atoms with Gasteiger partial charge in [0.2, 0.25) is 15.9 Å². The Morgan fingerprint density at radius 2 is 1.74 bits per heavy atom. The van der Waals surface area contributed by atoms with Gasteiger partial charge in [0.05, 0.1) is 11.4 Å². The van der Waals surface area contributed by atoms with E-state index in [9.17, 15) is 13.2 Å². The number of amides is 1. The molecule has 3 rings (SSSR count). The molecule has 3 atom stereocenters. The largest absolute Gasteiger partial charge is 0.352 e. The Hall–Kier alpha value is -1.44. The predicted octanol–water partition coefficient (Wildman–Crippen LogP) is 1.93. The lowest BCUT2D eigenvalue weighted by Gasteiger charge is -2.36. The molecule has 7 heteroatoms. The van der Waals surface area contributed by atoms with Crippen LogP contribution in [0.3, 0.4) is 0 Å². The molecule has 1 aromatic rings. The standard InChI is InChI=1S/C20H31N3O3S/c1-16-7-6-10-19(17(16)2)21-20(24)15-22-11-13-23(14-12-22)27(25,26)18-8-4-3-5-9-18/h3-5,8-9,16-17,19H,6-7,10-15H2,1-2H3,(H,21,24)/t16-,17+,19+/m0/s1. The maximum Gasteiger partial charge on any atom is 0.243 e. The summed E-state index contributed by atoms with van der Waals surface area (Å²) in [6.45, 7) is 6.82. The third-order valence-corrected chi connectivity index (χ3v) is 8.05. The fraction of sp³-hybridized carbons (Fsp3) is 0.650. The molecular formula is C20H31N3O3S. The Morgan fingerprint density at radius 3 is 2.41 bits per heavy atom. The van der Waals surface area contributed by atoms with Crippen molar-refractivity contribution in [1.82, 2.24) is 14.5 Å². The van der Waals surface area contributed by atoms with Crippen LogP contribution in [0.15, 0.2) is 35.2 Å². The molecule has 1 saturated heterocycles. The van der Waals surface area contributed by atoms with Crippen LogP contribution in [0.4, 0.5) is 0 Å². The van der Waals surface area contributed by atoms with Gasteiger partial charge in [0, 0.05) is 32.2 Å². The monoisotopic (exact) mass is 393 g/mol. The summed E-state index contributed by atoms with van der Waals surface area (Å²) in [5.74, 6) is 1.21. The summed E-state index contributed by atoms with van der Waals surface area (Å²) in [6.07, 6.45) is 3.47. The number of hydrogen-bond acceptors (Lipinski definition) is 4. The van der Waals surface area contributed by atoms with E-state index in [4.69, 9.17) is 0 Å². The van der Waals surface area contributed by atoms with Crippen LogP contribution in [0.1, 0.15) is 33.1 Å². The van der Waals surface area contributed by atoms with E-state index >= 15 is 0 Å². The zero-order valence-electron chi connectivity index (χ0n) is 16.3. The average molecular weight is 394 g/mol. The highest BCUT2D eigenvalue weighted by Crippen LogP contribution is 2.29. The molecule has 2 fully saturated rings. The lowest BCUT2D eigenvalue weighted by molar-refractivity contribution is -0.124. The highest BCUT2D eigenvalue weighted by Gasteiger charge is 2.31. The van der Waals surface area contributed by atoms with Gasteiger partial charge < -0.3 is 5.32 Å². The fourth-order valence-corrected chi connectivity index (χ4v) is 5.55. The first kappa shape index (κ1) is 20.3. The number of rotatable bonds is 5. The first-order chi connectivity index (χ1) is 12.9. The van der Waals surface area contributed by atoms with Crippen LogP contribution in [-0.2, 0) is 14.8 Å². The van der Waals surface area contributed by atoms with Crippen molar-refractivity contribution in [3.8, 4) is 0 Å². The molecule has 2 aliphatic rings. The Kier molecular flexibility index (Phi) is 6.55. The van der Waals surface area contributed by atoms with E-state index in [1.165, 1.54) is 17.1 Å². The molecule has 150 valence electrons. The lowest BCUT2D eigenvalue weighted by atomic mass is 9.78. The van der Waals surface area contributed by atoms with Crippen molar-refractivity contribution in [3.05, 3.63) is 30.3 Å². The third kappa shape index (κ3) is 4.89. The maximum atomic E-state index is 12.7. The van der Waals surface area contributed by atoms with Gasteiger partial charge in [0.25, 0.3) is 0 Å². The first-order valence-corrected chi connectivity index (χ1v) is 11.4. The normalized spacial score (nSPS) is 28.0. The van der Waals surface area contributed by atoms with Gasteiger partial charge in [-0.3, -0.25) is 9.69 Å². The minimum Gasteiger partial charge on any atom is -0.352 e. The maximum absolute atomic E-state index is 12.7. The van der Waals surface area contributed by atoms with Gasteiger partial charge >= 0.3 is 0 Å². The molecule has 1 aromatic carbocycles. The van der Waals surface area contributed by atoms with Gasteiger partial charge in [-0.2, -0.15) is 4.31 Å². The summed E-state index contributed by atoms with van der Waals surface area (Å²) in [4.78, 5) is 14.8. The van der Waals surface area contributed by atoms with Crippen LogP contribution in [0.5, 0.6) is 0 Å². The van der Waals surface area contributed by atoms with Gasteiger partial charge in [-0.25, -0.2) is 8.42 Å². The second-order valence-corrected chi connectivity index (χ2v) is 9.87. The number of sulfonamides is 1. The molecule has 0 spiro atoms. The van der Waals surface area contributed by atoms with E-state index in [0.29, 0.717) is 49.5 Å². The van der Waals surface area contributed by atoms with Gasteiger partial charge in [-0.15, -0.1) is 0 Å². The zero-order valence-corrected chi connectivity index (χ0v) is 17.1. The molecule has 0 unspecified atom stereocenters. The topological polar surface area (TPSA) is 69.7 Å². The Balaban J connectivity index is 1.49. The Labute approximate surface area is 163 Å². The van der Waals surface area contributed by atoms with E-state index in [-0.39, 0.29) is 11.9 Å². The molecule has 1 aliphatic heterocycles. The summed E-state index contributed by atoms with van der Waals surface area (Å²) in [6, 6.07) is 8.80. The van der Waals surface area contributed by atoms with Crippen LogP contribution >= 0.6 is 0 Å². The molecule has 1 heterocycles. The molecule has 0 bridgehead atoms. The van der Waals surface area contributed by atoms with Crippen molar-refractivity contribution in [2.45, 2.75) is 44.0 Å². The van der Waals surface area contributed by atoms with Gasteiger partial charge in [-0.05, 0) is 30.4 Å². The van der Waals surface area contributed by atoms with E-state index in [0.717, 1.165) is 6.42 Å². The summed E-state index contributed by atoms with van der Waals surface area (Å²) in [5.41, 5.74) is 0. The van der Waals surface area contributed by atoms with E-state index in [2.05, 4.69) is 19.2 Å². The fourth-order valence-electron chi connectivity index (χ4n) is 4.11. The molecule has 0 aromatic heterocycles. The van der Waals surface area contributed by atoms with Crippen LogP contribution in [0.25, 0.3) is 0 Å². The number of nitrogens with zero attached hydrogens (tertiary/aromatic N) is 2. The number of carbonyl (C=O) groups is 1. The second kappa shape index (κ2) is 8.71. The third-order valence-electron chi connectivity index (χ3n) is 6.13. The number of carbonyl (C=O) groups excluding carboxylic acids is 1. The lowest BCUT2D eigenvalue weighted by Crippen LogP contribution is -2.52. The minimum absolute atomic E-state index is 0.0558. The average Bonchev–Trinajstić information content (AvgIpc) is 2.66. The van der Waals surface area contributed by atoms with Gasteiger partial charge in [0.15, 0.2) is 0 Å². The van der Waals surface area contributed by atoms with E-state index < -0.39 is 10.0 Å². The zero-order chi connectivity index (χ0) is 19.4. The molecule has 0 radical (unpaired) electrons. The highest BCUT2D eigenvalue weighted by molar-refractivity contribution is 7.89. The van der Waals surface area contributed by atoms with Crippen LogP contribution in [0, 0.1) is 11.8 Å². The van der Waals surface area contributed by atoms with Crippen LogP contribution in [-0.4, -0.2) is 62.3 Å². The smallest absolute Gasteiger partial charge is 0.243 e. The molecule has 27 heavy (non-hydrogen) atoms. The number of piperazine rings is 1. The molecule has 6 nitrogen and oxygen atoms in total. The predicted molar refractivity (Wildman–Crippen MR) is 106 cm³/mol. The summed E-state index contributed by atoms with van der Waals surface area (Å²) < 4.78 is 26.9. The van der Waals surface area contributed by atoms with E-state index in [1.807, 2.05) is 11.0 Å². The quantitative estimate of drug-likeness (QED) is 0.830. The van der Waals surface area contributed by atoms with Crippen molar-refractivity contribution in [2.24, 2.45) is 11.8 Å². The number of hydrogen-bond donors (Lipinski definition) is 1. The molecule has 1 saturated carbocycles. The second-order valence-electron chi connectivity index (χ2n) is 7.93. The first-order valence-electron chi connectivity index (χ1n) is 9.95. The van der Waals surface area contributed by atoms with Crippen molar-refractivity contribution in [2.75, 3.05) is 32.7 Å². The summed E-state index contributed by atoms with van der Waals surface area (Å²) in [7, 11) is -3.44. The number of nitrogens with one attached hydrogen (secondary N) is 1. The minimum atomic E-state index is -3.44. The molecular weight excluding hydrogens is 362 g/mol. The summed E-state index contributed by atoms with van der Waals surface area (Å²) in [5, 5.41) is 3.20. The van der Waals surface area contributed by atoms with Crippen molar-refractivity contribution in [3.63, 3.8) is 0 Å². The number of benzene rings is 1. The SMILES string of the molecule is C[C@@H]1[C@@H](C)CCC[C@H]1NC(=O)CN1CCN(S(=O)(=O)c2ccccc2)CC1. The summed E-state index contributed by atoms with van der Waals surface area (Å²) >= 11 is 0. The molecule has 1 N–H and O–H groups in total. The molecule has 1 amide bonds. The van der Waals surface area contributed by atoms with Crippen LogP contribution in [0.2, 0.25) is 0 Å². The van der Waals surface area contributed by atoms with Gasteiger partial charge in [0.1, 0.15) is 0 Å². The Morgan fingerprint density at radius 1 is 1.07 bits per heavy atom. The Bertz CT molecular complexity index is 730. The van der Waals surface area contributed by atoms with E-state index in [1.54, 1.807) is 24.3 Å². The van der Waals surface area contributed by atoms with Gasteiger partial charge in [-0.1, -0.05) is 44.9 Å². The van der Waals surface area contributed by atoms with Crippen molar-refractivity contribution < 1.29 is 13.2 Å².